The predicted octanol–water partition coefficient (Wildman–Crippen LogP) is 5.33. The van der Waals surface area contributed by atoms with Crippen LogP contribution in [0.25, 0.3) is 11.4 Å². The number of benzene rings is 1. The van der Waals surface area contributed by atoms with Gasteiger partial charge in [0.2, 0.25) is 5.82 Å². The number of hydrogen-bond acceptors (Lipinski definition) is 7. The minimum absolute atomic E-state index is 0.0204. The molecule has 8 nitrogen and oxygen atoms in total. The quantitative estimate of drug-likeness (QED) is 0.570. The lowest BCUT2D eigenvalue weighted by molar-refractivity contribution is 0.0470. The Morgan fingerprint density at radius 1 is 1.13 bits per heavy atom. The van der Waals surface area contributed by atoms with Gasteiger partial charge in [0, 0.05) is 5.56 Å². The van der Waals surface area contributed by atoms with Gasteiger partial charge in [0.15, 0.2) is 8.32 Å². The van der Waals surface area contributed by atoms with Gasteiger partial charge in [-0.3, -0.25) is 0 Å². The van der Waals surface area contributed by atoms with Crippen molar-refractivity contribution in [3.63, 3.8) is 0 Å². The Morgan fingerprint density at radius 3 is 2.26 bits per heavy atom. The average molecular weight is 450 g/mol. The first-order chi connectivity index (χ1) is 14.2. The second-order valence-electron chi connectivity index (χ2n) is 9.95. The second kappa shape index (κ2) is 9.40. The molecule has 0 bridgehead atoms. The summed E-state index contributed by atoms with van der Waals surface area (Å²) in [5.41, 5.74) is 0.148. The number of nitrogens with zero attached hydrogens (tertiary/aromatic N) is 2. The van der Waals surface area contributed by atoms with Gasteiger partial charge in [-0.1, -0.05) is 25.9 Å². The van der Waals surface area contributed by atoms with Crippen molar-refractivity contribution in [2.45, 2.75) is 71.3 Å². The first-order valence-electron chi connectivity index (χ1n) is 10.3. The lowest BCUT2D eigenvalue weighted by Gasteiger charge is -2.37. The van der Waals surface area contributed by atoms with Crippen LogP contribution in [0.2, 0.25) is 18.1 Å². The molecule has 2 aromatic rings. The molecule has 1 amide bonds. The van der Waals surface area contributed by atoms with E-state index in [9.17, 15) is 4.79 Å². The lowest BCUT2D eigenvalue weighted by atomic mass is 10.2. The minimum atomic E-state index is -2.06. The maximum absolute atomic E-state index is 12.4. The third-order valence-corrected chi connectivity index (χ3v) is 9.70. The molecule has 0 spiro atoms. The smallest absolute Gasteiger partial charge is 0.408 e. The van der Waals surface area contributed by atoms with Gasteiger partial charge in [0.05, 0.1) is 13.7 Å². The first-order valence-corrected chi connectivity index (χ1v) is 13.2. The predicted molar refractivity (Wildman–Crippen MR) is 122 cm³/mol. The van der Waals surface area contributed by atoms with Gasteiger partial charge in [-0.25, -0.2) is 4.79 Å². The zero-order valence-electron chi connectivity index (χ0n) is 20.0. The molecule has 9 heteroatoms. The van der Waals surface area contributed by atoms with E-state index in [1.54, 1.807) is 7.11 Å². The van der Waals surface area contributed by atoms with Crippen LogP contribution >= 0.6 is 0 Å². The Kier molecular flexibility index (Phi) is 7.54. The normalized spacial score (nSPS) is 13.6. The Hall–Kier alpha value is -2.39. The van der Waals surface area contributed by atoms with Crippen LogP contribution in [0.3, 0.4) is 0 Å². The Balaban J connectivity index is 2.24. The SMILES string of the molecule is COc1ccc(-c2noc([C@H](CO[Si](C)(C)C(C)(C)C)NC(=O)OC(C)(C)C)n2)cc1. The molecule has 0 aliphatic heterocycles. The van der Waals surface area contributed by atoms with Crippen molar-refractivity contribution < 1.29 is 23.2 Å². The zero-order chi connectivity index (χ0) is 23.4. The lowest BCUT2D eigenvalue weighted by Crippen LogP contribution is -2.44. The van der Waals surface area contributed by atoms with Crippen molar-refractivity contribution in [1.29, 1.82) is 0 Å². The topological polar surface area (TPSA) is 95.7 Å². The van der Waals surface area contributed by atoms with Gasteiger partial charge in [0.25, 0.3) is 5.89 Å². The highest BCUT2D eigenvalue weighted by Gasteiger charge is 2.38. The van der Waals surface area contributed by atoms with Gasteiger partial charge in [-0.2, -0.15) is 4.98 Å². The van der Waals surface area contributed by atoms with E-state index >= 15 is 0 Å². The molecule has 0 fully saturated rings. The van der Waals surface area contributed by atoms with E-state index < -0.39 is 26.1 Å². The molecule has 0 radical (unpaired) electrons. The highest BCUT2D eigenvalue weighted by molar-refractivity contribution is 6.74. The Bertz CT molecular complexity index is 867. The van der Waals surface area contributed by atoms with Crippen LogP contribution in [0.15, 0.2) is 28.8 Å². The van der Waals surface area contributed by atoms with Crippen LogP contribution < -0.4 is 10.1 Å². The van der Waals surface area contributed by atoms with Gasteiger partial charge in [0.1, 0.15) is 17.4 Å². The Morgan fingerprint density at radius 2 is 1.74 bits per heavy atom. The van der Waals surface area contributed by atoms with Gasteiger partial charge in [-0.05, 0) is 63.2 Å². The van der Waals surface area contributed by atoms with Crippen LogP contribution in [0, 0.1) is 0 Å². The molecule has 172 valence electrons. The average Bonchev–Trinajstić information content (AvgIpc) is 3.13. The van der Waals surface area contributed by atoms with E-state index in [0.717, 1.165) is 11.3 Å². The van der Waals surface area contributed by atoms with Crippen LogP contribution in [-0.2, 0) is 9.16 Å². The molecule has 31 heavy (non-hydrogen) atoms. The first kappa shape index (κ1) is 24.9. The zero-order valence-corrected chi connectivity index (χ0v) is 21.0. The summed E-state index contributed by atoms with van der Waals surface area (Å²) < 4.78 is 22.4. The number of aromatic nitrogens is 2. The Labute approximate surface area is 185 Å². The number of nitrogens with one attached hydrogen (secondary N) is 1. The number of ether oxygens (including phenoxy) is 2. The summed E-state index contributed by atoms with van der Waals surface area (Å²) in [5.74, 6) is 1.41. The van der Waals surface area contributed by atoms with Crippen molar-refractivity contribution in [1.82, 2.24) is 15.5 Å². The maximum atomic E-state index is 12.4. The number of alkyl carbamates (subject to hydrolysis) is 1. The fraction of sp³-hybridized carbons (Fsp3) is 0.591. The molecule has 2 rings (SSSR count). The van der Waals surface area contributed by atoms with Gasteiger partial charge in [-0.15, -0.1) is 0 Å². The monoisotopic (exact) mass is 449 g/mol. The summed E-state index contributed by atoms with van der Waals surface area (Å²) in [5, 5.41) is 6.91. The standard InChI is InChI=1S/C22H35N3O5Si/c1-21(2,3)29-20(26)23-17(14-28-31(8,9)22(4,5)6)19-24-18(25-30-19)15-10-12-16(27-7)13-11-15/h10-13,17H,14H2,1-9H3,(H,23,26)/t17-/m0/s1. The largest absolute Gasteiger partial charge is 0.497 e. The molecule has 1 aromatic carbocycles. The minimum Gasteiger partial charge on any atom is -0.497 e. The van der Waals surface area contributed by atoms with Crippen molar-refractivity contribution in [2.24, 2.45) is 0 Å². The third kappa shape index (κ3) is 7.07. The number of carbonyl (C=O) groups is 1. The van der Waals surface area contributed by atoms with Gasteiger partial charge < -0.3 is 23.7 Å². The van der Waals surface area contributed by atoms with Crippen molar-refractivity contribution in [3.8, 4) is 17.1 Å². The molecule has 0 unspecified atom stereocenters. The molecule has 1 aromatic heterocycles. The van der Waals surface area contributed by atoms with Crippen LogP contribution in [0.1, 0.15) is 53.5 Å². The fourth-order valence-corrected chi connectivity index (χ4v) is 3.38. The molecule has 0 saturated carbocycles. The van der Waals surface area contributed by atoms with Crippen molar-refractivity contribution >= 4 is 14.4 Å². The van der Waals surface area contributed by atoms with Crippen molar-refractivity contribution in [2.75, 3.05) is 13.7 Å². The summed E-state index contributed by atoms with van der Waals surface area (Å²) in [6, 6.07) is 6.69. The molecule has 1 heterocycles. The van der Waals surface area contributed by atoms with Crippen LogP contribution in [0.5, 0.6) is 5.75 Å². The molecule has 1 N–H and O–H groups in total. The summed E-state index contributed by atoms with van der Waals surface area (Å²) in [6.45, 7) is 16.4. The highest BCUT2D eigenvalue weighted by atomic mass is 28.4. The second-order valence-corrected chi connectivity index (χ2v) is 14.8. The number of rotatable bonds is 7. The van der Waals surface area contributed by atoms with Gasteiger partial charge >= 0.3 is 6.09 Å². The maximum Gasteiger partial charge on any atom is 0.408 e. The highest BCUT2D eigenvalue weighted by Crippen LogP contribution is 2.37. The van der Waals surface area contributed by atoms with E-state index in [1.165, 1.54) is 0 Å². The number of carbonyl (C=O) groups excluding carboxylic acids is 1. The van der Waals surface area contributed by atoms with E-state index in [0.29, 0.717) is 5.82 Å². The van der Waals surface area contributed by atoms with E-state index in [4.69, 9.17) is 18.4 Å². The van der Waals surface area contributed by atoms with Crippen LogP contribution in [-0.4, -0.2) is 43.9 Å². The molecule has 0 aliphatic rings. The van der Waals surface area contributed by atoms with Crippen LogP contribution in [0.4, 0.5) is 4.79 Å². The summed E-state index contributed by atoms with van der Waals surface area (Å²) in [6.07, 6.45) is -0.569. The van der Waals surface area contributed by atoms with E-state index in [2.05, 4.69) is 49.3 Å². The number of amides is 1. The molecular formula is C22H35N3O5Si. The summed E-state index contributed by atoms with van der Waals surface area (Å²) in [7, 11) is -0.454. The number of hydrogen-bond donors (Lipinski definition) is 1. The molecule has 0 aliphatic carbocycles. The fourth-order valence-electron chi connectivity index (χ4n) is 2.37. The van der Waals surface area contributed by atoms with E-state index in [-0.39, 0.29) is 17.5 Å². The van der Waals surface area contributed by atoms with Crippen molar-refractivity contribution in [3.05, 3.63) is 30.2 Å². The third-order valence-electron chi connectivity index (χ3n) is 5.20. The molecule has 1 atom stereocenters. The summed E-state index contributed by atoms with van der Waals surface area (Å²) >= 11 is 0. The number of methoxy groups -OCH3 is 1. The molecule has 0 saturated heterocycles. The summed E-state index contributed by atoms with van der Waals surface area (Å²) in [4.78, 5) is 16.9. The molecular weight excluding hydrogens is 414 g/mol. The van der Waals surface area contributed by atoms with E-state index in [1.807, 2.05) is 45.0 Å².